The van der Waals surface area contributed by atoms with Crippen LogP contribution in [0.5, 0.6) is 0 Å². The van der Waals surface area contributed by atoms with Crippen LogP contribution in [0.15, 0.2) is 70.7 Å². The first-order chi connectivity index (χ1) is 11.7. The van der Waals surface area contributed by atoms with Crippen LogP contribution in [0.25, 0.3) is 0 Å². The Hall–Kier alpha value is -2.57. The fourth-order valence-corrected chi connectivity index (χ4v) is 3.20. The number of nitrogens with one attached hydrogen (secondary N) is 2. The van der Waals surface area contributed by atoms with E-state index in [9.17, 15) is 9.90 Å². The Kier molecular flexibility index (Phi) is 4.98. The van der Waals surface area contributed by atoms with Crippen molar-refractivity contribution in [2.45, 2.75) is 12.1 Å². The standard InChI is InChI=1S/C18H18N2O3S/c21-17(19-12-14-6-2-1-3-7-14)20-13-18(22,15-8-4-10-23-15)16-9-5-11-24-16/h1-11,22H,12-13H2,(H2,19,20,21). The van der Waals surface area contributed by atoms with Gasteiger partial charge in [-0.25, -0.2) is 4.79 Å². The van der Waals surface area contributed by atoms with E-state index >= 15 is 0 Å². The van der Waals surface area contributed by atoms with E-state index in [1.807, 2.05) is 47.8 Å². The number of furan rings is 1. The maximum Gasteiger partial charge on any atom is 0.315 e. The maximum atomic E-state index is 12.0. The largest absolute Gasteiger partial charge is 0.466 e. The van der Waals surface area contributed by atoms with E-state index < -0.39 is 5.60 Å². The van der Waals surface area contributed by atoms with Crippen LogP contribution in [-0.2, 0) is 12.1 Å². The van der Waals surface area contributed by atoms with Crippen molar-refractivity contribution in [1.29, 1.82) is 0 Å². The van der Waals surface area contributed by atoms with E-state index in [1.54, 1.807) is 12.1 Å². The van der Waals surface area contributed by atoms with Crippen molar-refractivity contribution < 1.29 is 14.3 Å². The predicted molar refractivity (Wildman–Crippen MR) is 92.7 cm³/mol. The van der Waals surface area contributed by atoms with E-state index in [1.165, 1.54) is 17.6 Å². The summed E-state index contributed by atoms with van der Waals surface area (Å²) in [5.74, 6) is 0.397. The second kappa shape index (κ2) is 7.33. The Morgan fingerprint density at radius 2 is 1.92 bits per heavy atom. The predicted octanol–water partition coefficient (Wildman–Crippen LogP) is 3.08. The lowest BCUT2D eigenvalue weighted by molar-refractivity contribution is 0.0623. The molecule has 3 N–H and O–H groups in total. The van der Waals surface area contributed by atoms with Gasteiger partial charge in [-0.2, -0.15) is 0 Å². The van der Waals surface area contributed by atoms with Crippen molar-refractivity contribution in [3.05, 3.63) is 82.4 Å². The molecule has 1 atom stereocenters. The SMILES string of the molecule is O=C(NCc1ccccc1)NCC(O)(c1ccco1)c1cccs1. The summed E-state index contributed by atoms with van der Waals surface area (Å²) >= 11 is 1.41. The molecule has 0 aliphatic rings. The smallest absolute Gasteiger partial charge is 0.315 e. The molecule has 124 valence electrons. The molecule has 6 heteroatoms. The van der Waals surface area contributed by atoms with E-state index in [0.29, 0.717) is 17.2 Å². The molecule has 0 aliphatic carbocycles. The highest BCUT2D eigenvalue weighted by Crippen LogP contribution is 2.32. The number of thiophene rings is 1. The summed E-state index contributed by atoms with van der Waals surface area (Å²) in [6, 6.07) is 16.4. The highest BCUT2D eigenvalue weighted by Gasteiger charge is 2.36. The fraction of sp³-hybridized carbons (Fsp3) is 0.167. The summed E-state index contributed by atoms with van der Waals surface area (Å²) in [7, 11) is 0. The molecule has 1 aromatic carbocycles. The quantitative estimate of drug-likeness (QED) is 0.644. The normalized spacial score (nSPS) is 13.2. The van der Waals surface area contributed by atoms with E-state index in [4.69, 9.17) is 4.42 Å². The Labute approximate surface area is 143 Å². The van der Waals surface area contributed by atoms with Crippen molar-refractivity contribution in [3.63, 3.8) is 0 Å². The zero-order valence-electron chi connectivity index (χ0n) is 12.9. The van der Waals surface area contributed by atoms with E-state index in [-0.39, 0.29) is 12.6 Å². The van der Waals surface area contributed by atoms with Crippen LogP contribution in [0.3, 0.4) is 0 Å². The number of benzene rings is 1. The number of carbonyl (C=O) groups is 1. The van der Waals surface area contributed by atoms with Crippen LogP contribution in [0.1, 0.15) is 16.2 Å². The molecule has 2 aromatic heterocycles. The van der Waals surface area contributed by atoms with Gasteiger partial charge in [0.25, 0.3) is 0 Å². The number of hydrogen-bond donors (Lipinski definition) is 3. The summed E-state index contributed by atoms with van der Waals surface area (Å²) in [4.78, 5) is 12.8. The summed E-state index contributed by atoms with van der Waals surface area (Å²) in [5.41, 5.74) is -0.380. The second-order valence-corrected chi connectivity index (χ2v) is 6.28. The molecule has 5 nitrogen and oxygen atoms in total. The molecule has 2 amide bonds. The summed E-state index contributed by atoms with van der Waals surface area (Å²) in [6.07, 6.45) is 1.50. The molecular formula is C18H18N2O3S. The molecule has 3 rings (SSSR count). The van der Waals surface area contributed by atoms with E-state index in [2.05, 4.69) is 10.6 Å². The van der Waals surface area contributed by atoms with E-state index in [0.717, 1.165) is 5.56 Å². The highest BCUT2D eigenvalue weighted by molar-refractivity contribution is 7.10. The highest BCUT2D eigenvalue weighted by atomic mass is 32.1. The molecule has 0 saturated carbocycles. The lowest BCUT2D eigenvalue weighted by Gasteiger charge is -2.25. The first-order valence-corrected chi connectivity index (χ1v) is 8.42. The average Bonchev–Trinajstić information content (AvgIpc) is 3.32. The van der Waals surface area contributed by atoms with Gasteiger partial charge in [-0.3, -0.25) is 0 Å². The van der Waals surface area contributed by atoms with Gasteiger partial charge in [-0.15, -0.1) is 11.3 Å². The minimum Gasteiger partial charge on any atom is -0.466 e. The minimum absolute atomic E-state index is 0.0155. The number of rotatable bonds is 6. The summed E-state index contributed by atoms with van der Waals surface area (Å²) in [6.45, 7) is 0.437. The number of carbonyl (C=O) groups excluding carboxylic acids is 1. The van der Waals surface area contributed by atoms with Gasteiger partial charge in [0.1, 0.15) is 5.76 Å². The Morgan fingerprint density at radius 1 is 1.08 bits per heavy atom. The minimum atomic E-state index is -1.39. The van der Waals surface area contributed by atoms with Gasteiger partial charge >= 0.3 is 6.03 Å². The summed E-state index contributed by atoms with van der Waals surface area (Å²) < 4.78 is 5.37. The lowest BCUT2D eigenvalue weighted by atomic mass is 9.99. The molecule has 2 heterocycles. The third-order valence-corrected chi connectivity index (χ3v) is 4.68. The first-order valence-electron chi connectivity index (χ1n) is 7.54. The van der Waals surface area contributed by atoms with Crippen LogP contribution in [0.4, 0.5) is 4.79 Å². The third-order valence-electron chi connectivity index (χ3n) is 3.66. The molecule has 0 fully saturated rings. The van der Waals surface area contributed by atoms with Gasteiger partial charge in [-0.1, -0.05) is 36.4 Å². The number of amides is 2. The average molecular weight is 342 g/mol. The number of urea groups is 1. The van der Waals surface area contributed by atoms with Gasteiger partial charge in [0, 0.05) is 11.4 Å². The zero-order valence-corrected chi connectivity index (χ0v) is 13.8. The van der Waals surface area contributed by atoms with Crippen molar-refractivity contribution in [1.82, 2.24) is 10.6 Å². The first kappa shape index (κ1) is 16.3. The van der Waals surface area contributed by atoms with Crippen molar-refractivity contribution in [3.8, 4) is 0 Å². The fourth-order valence-electron chi connectivity index (χ4n) is 2.37. The van der Waals surface area contributed by atoms with Gasteiger partial charge in [0.2, 0.25) is 0 Å². The Bertz CT molecular complexity index is 721. The molecule has 0 aliphatic heterocycles. The van der Waals surface area contributed by atoms with Crippen molar-refractivity contribution >= 4 is 17.4 Å². The summed E-state index contributed by atoms with van der Waals surface area (Å²) in [5, 5.41) is 18.4. The van der Waals surface area contributed by atoms with Crippen LogP contribution in [0, 0.1) is 0 Å². The van der Waals surface area contributed by atoms with Crippen LogP contribution < -0.4 is 10.6 Å². The topological polar surface area (TPSA) is 74.5 Å². The van der Waals surface area contributed by atoms with Gasteiger partial charge in [0.05, 0.1) is 12.8 Å². The molecule has 0 bridgehead atoms. The van der Waals surface area contributed by atoms with Gasteiger partial charge < -0.3 is 20.2 Å². The van der Waals surface area contributed by atoms with Crippen LogP contribution in [0.2, 0.25) is 0 Å². The molecule has 0 radical (unpaired) electrons. The Balaban J connectivity index is 1.63. The van der Waals surface area contributed by atoms with Crippen LogP contribution >= 0.6 is 11.3 Å². The third kappa shape index (κ3) is 3.67. The number of hydrogen-bond acceptors (Lipinski definition) is 4. The molecule has 0 saturated heterocycles. The van der Waals surface area contributed by atoms with Gasteiger partial charge in [0.15, 0.2) is 5.60 Å². The molecular weight excluding hydrogens is 324 g/mol. The van der Waals surface area contributed by atoms with Crippen molar-refractivity contribution in [2.75, 3.05) is 6.54 Å². The zero-order chi connectivity index (χ0) is 16.8. The molecule has 1 unspecified atom stereocenters. The van der Waals surface area contributed by atoms with Gasteiger partial charge in [-0.05, 0) is 29.1 Å². The molecule has 3 aromatic rings. The number of aliphatic hydroxyl groups is 1. The molecule has 24 heavy (non-hydrogen) atoms. The maximum absolute atomic E-state index is 12.0. The van der Waals surface area contributed by atoms with Crippen LogP contribution in [-0.4, -0.2) is 17.7 Å². The second-order valence-electron chi connectivity index (χ2n) is 5.34. The monoisotopic (exact) mass is 342 g/mol. The lowest BCUT2D eigenvalue weighted by Crippen LogP contribution is -2.44. The molecule has 0 spiro atoms. The van der Waals surface area contributed by atoms with Crippen molar-refractivity contribution in [2.24, 2.45) is 0 Å². The Morgan fingerprint density at radius 3 is 2.58 bits per heavy atom.